The van der Waals surface area contributed by atoms with E-state index in [-0.39, 0.29) is 12.2 Å². The van der Waals surface area contributed by atoms with E-state index >= 15 is 0 Å². The van der Waals surface area contributed by atoms with Crippen LogP contribution < -0.4 is 10.6 Å². The molecule has 0 amide bonds. The van der Waals surface area contributed by atoms with E-state index in [1.165, 1.54) is 0 Å². The van der Waals surface area contributed by atoms with Crippen molar-refractivity contribution in [2.24, 2.45) is 0 Å². The van der Waals surface area contributed by atoms with Crippen molar-refractivity contribution in [2.45, 2.75) is 19.1 Å². The maximum Gasteiger partial charge on any atom is 0.340 e. The third-order valence-corrected chi connectivity index (χ3v) is 3.72. The average Bonchev–Trinajstić information content (AvgIpc) is 2.91. The summed E-state index contributed by atoms with van der Waals surface area (Å²) >= 11 is 0. The Morgan fingerprint density at radius 1 is 1.29 bits per heavy atom. The molecule has 1 aromatic carbocycles. The zero-order valence-electron chi connectivity index (χ0n) is 12.7. The summed E-state index contributed by atoms with van der Waals surface area (Å²) in [7, 11) is 3.35. The molecule has 0 saturated carbocycles. The Kier molecular flexibility index (Phi) is 5.03. The molecule has 1 fully saturated rings. The zero-order valence-corrected chi connectivity index (χ0v) is 12.7. The van der Waals surface area contributed by atoms with Gasteiger partial charge in [0, 0.05) is 38.7 Å². The van der Waals surface area contributed by atoms with Gasteiger partial charge in [0.05, 0.1) is 12.2 Å². The molecule has 0 radical (unpaired) electrons. The number of benzene rings is 1. The summed E-state index contributed by atoms with van der Waals surface area (Å²) in [6, 6.07) is 5.38. The number of ether oxygens (including phenoxy) is 3. The molecule has 2 atom stereocenters. The highest BCUT2D eigenvalue weighted by molar-refractivity contribution is 5.96. The number of nitrogen functional groups attached to an aromatic ring is 1. The normalized spacial score (nSPS) is 21.6. The highest BCUT2D eigenvalue weighted by Crippen LogP contribution is 2.27. The van der Waals surface area contributed by atoms with E-state index in [1.54, 1.807) is 33.3 Å². The van der Waals surface area contributed by atoms with Crippen LogP contribution in [0, 0.1) is 0 Å². The highest BCUT2D eigenvalue weighted by Gasteiger charge is 2.33. The number of hydrogen-bond acceptors (Lipinski definition) is 6. The molecule has 2 unspecified atom stereocenters. The maximum atomic E-state index is 11.9. The van der Waals surface area contributed by atoms with E-state index in [4.69, 9.17) is 19.9 Å². The van der Waals surface area contributed by atoms with E-state index in [2.05, 4.69) is 4.90 Å². The van der Waals surface area contributed by atoms with Crippen LogP contribution in [0.3, 0.4) is 0 Å². The van der Waals surface area contributed by atoms with Gasteiger partial charge in [-0.2, -0.15) is 0 Å². The monoisotopic (exact) mass is 294 g/mol. The summed E-state index contributed by atoms with van der Waals surface area (Å²) in [6.45, 7) is 3.51. The van der Waals surface area contributed by atoms with Crippen molar-refractivity contribution in [3.05, 3.63) is 23.8 Å². The van der Waals surface area contributed by atoms with Gasteiger partial charge in [-0.05, 0) is 25.1 Å². The minimum absolute atomic E-state index is 0.0126. The van der Waals surface area contributed by atoms with Gasteiger partial charge in [0.2, 0.25) is 0 Å². The lowest BCUT2D eigenvalue weighted by molar-refractivity contribution is -0.00461. The quantitative estimate of drug-likeness (QED) is 0.651. The predicted molar refractivity (Wildman–Crippen MR) is 80.6 cm³/mol. The van der Waals surface area contributed by atoms with Crippen LogP contribution in [0.25, 0.3) is 0 Å². The molecule has 21 heavy (non-hydrogen) atoms. The van der Waals surface area contributed by atoms with Crippen LogP contribution in [0.5, 0.6) is 0 Å². The van der Waals surface area contributed by atoms with Crippen LogP contribution >= 0.6 is 0 Å². The van der Waals surface area contributed by atoms with E-state index in [0.29, 0.717) is 30.9 Å². The van der Waals surface area contributed by atoms with Crippen LogP contribution in [0.1, 0.15) is 17.3 Å². The Bertz CT molecular complexity index is 494. The minimum Gasteiger partial charge on any atom is -0.462 e. The van der Waals surface area contributed by atoms with Crippen molar-refractivity contribution in [3.8, 4) is 0 Å². The van der Waals surface area contributed by atoms with Gasteiger partial charge in [0.1, 0.15) is 12.2 Å². The molecule has 1 saturated heterocycles. The van der Waals surface area contributed by atoms with Gasteiger partial charge in [-0.3, -0.25) is 0 Å². The highest BCUT2D eigenvalue weighted by atomic mass is 16.5. The van der Waals surface area contributed by atoms with Crippen LogP contribution in [0.4, 0.5) is 11.4 Å². The van der Waals surface area contributed by atoms with Crippen molar-refractivity contribution in [2.75, 3.05) is 44.5 Å². The van der Waals surface area contributed by atoms with Gasteiger partial charge in [0.25, 0.3) is 0 Å². The Hall–Kier alpha value is -1.79. The van der Waals surface area contributed by atoms with Gasteiger partial charge < -0.3 is 24.8 Å². The standard InChI is InChI=1S/C15H22N2O4/c1-4-21-15(18)11-7-10(5-6-12(11)16)17-8-13(19-2)14(9-17)20-3/h5-7,13-14H,4,8-9,16H2,1-3H3. The van der Waals surface area contributed by atoms with E-state index < -0.39 is 5.97 Å². The SMILES string of the molecule is CCOC(=O)c1cc(N2CC(OC)C(OC)C2)ccc1N. The minimum atomic E-state index is -0.400. The summed E-state index contributed by atoms with van der Waals surface area (Å²) in [4.78, 5) is 14.0. The lowest BCUT2D eigenvalue weighted by Crippen LogP contribution is -2.27. The summed E-state index contributed by atoms with van der Waals surface area (Å²) in [5, 5.41) is 0. The van der Waals surface area contributed by atoms with Gasteiger partial charge >= 0.3 is 5.97 Å². The molecular weight excluding hydrogens is 272 g/mol. The van der Waals surface area contributed by atoms with Gasteiger partial charge in [-0.15, -0.1) is 0 Å². The Labute approximate surface area is 124 Å². The average molecular weight is 294 g/mol. The molecule has 6 heteroatoms. The van der Waals surface area contributed by atoms with Crippen molar-refractivity contribution in [1.82, 2.24) is 0 Å². The topological polar surface area (TPSA) is 74.0 Å². The first-order chi connectivity index (χ1) is 10.1. The predicted octanol–water partition coefficient (Wildman–Crippen LogP) is 1.30. The van der Waals surface area contributed by atoms with E-state index in [0.717, 1.165) is 5.69 Å². The van der Waals surface area contributed by atoms with Crippen LogP contribution in [0.15, 0.2) is 18.2 Å². The molecule has 0 spiro atoms. The number of nitrogens with zero attached hydrogens (tertiary/aromatic N) is 1. The number of esters is 1. The van der Waals surface area contributed by atoms with Gasteiger partial charge in [-0.25, -0.2) is 4.79 Å². The number of hydrogen-bond donors (Lipinski definition) is 1. The molecule has 2 N–H and O–H groups in total. The van der Waals surface area contributed by atoms with Crippen molar-refractivity contribution >= 4 is 17.3 Å². The Morgan fingerprint density at radius 3 is 2.43 bits per heavy atom. The summed E-state index contributed by atoms with van der Waals surface area (Å²) in [6.07, 6.45) is 0.0252. The van der Waals surface area contributed by atoms with Crippen molar-refractivity contribution < 1.29 is 19.0 Å². The lowest BCUT2D eigenvalue weighted by Gasteiger charge is -2.19. The second kappa shape index (κ2) is 6.78. The second-order valence-electron chi connectivity index (χ2n) is 4.95. The van der Waals surface area contributed by atoms with Gasteiger partial charge in [0.15, 0.2) is 0 Å². The summed E-state index contributed by atoms with van der Waals surface area (Å²) in [5.41, 5.74) is 7.58. The fourth-order valence-electron chi connectivity index (χ4n) is 2.53. The molecule has 1 heterocycles. The first-order valence-electron chi connectivity index (χ1n) is 6.97. The smallest absolute Gasteiger partial charge is 0.340 e. The molecule has 0 aromatic heterocycles. The molecule has 1 aliphatic heterocycles. The molecule has 1 aliphatic rings. The summed E-state index contributed by atoms with van der Waals surface area (Å²) < 4.78 is 15.9. The first-order valence-corrected chi connectivity index (χ1v) is 6.97. The zero-order chi connectivity index (χ0) is 15.4. The third-order valence-electron chi connectivity index (χ3n) is 3.72. The number of rotatable bonds is 5. The fraction of sp³-hybridized carbons (Fsp3) is 0.533. The Balaban J connectivity index is 2.21. The number of anilines is 2. The number of methoxy groups -OCH3 is 2. The molecule has 1 aromatic rings. The first kappa shape index (κ1) is 15.6. The molecule has 116 valence electrons. The molecular formula is C15H22N2O4. The number of carbonyl (C=O) groups excluding carboxylic acids is 1. The van der Waals surface area contributed by atoms with E-state index in [1.807, 2.05) is 6.07 Å². The van der Waals surface area contributed by atoms with Crippen molar-refractivity contribution in [3.63, 3.8) is 0 Å². The van der Waals surface area contributed by atoms with Crippen LogP contribution in [0.2, 0.25) is 0 Å². The number of carbonyl (C=O) groups is 1. The fourth-order valence-corrected chi connectivity index (χ4v) is 2.53. The van der Waals surface area contributed by atoms with Gasteiger partial charge in [-0.1, -0.05) is 0 Å². The van der Waals surface area contributed by atoms with Crippen LogP contribution in [-0.2, 0) is 14.2 Å². The molecule has 2 rings (SSSR count). The lowest BCUT2D eigenvalue weighted by atomic mass is 10.1. The Morgan fingerprint density at radius 2 is 1.90 bits per heavy atom. The largest absolute Gasteiger partial charge is 0.462 e. The molecule has 0 aliphatic carbocycles. The maximum absolute atomic E-state index is 11.9. The van der Waals surface area contributed by atoms with E-state index in [9.17, 15) is 4.79 Å². The number of nitrogens with two attached hydrogens (primary N) is 1. The third kappa shape index (κ3) is 3.28. The molecule has 6 nitrogen and oxygen atoms in total. The molecule has 0 bridgehead atoms. The second-order valence-corrected chi connectivity index (χ2v) is 4.95. The summed E-state index contributed by atoms with van der Waals surface area (Å²) in [5.74, 6) is -0.400. The van der Waals surface area contributed by atoms with Crippen molar-refractivity contribution in [1.29, 1.82) is 0 Å². The van der Waals surface area contributed by atoms with Crippen LogP contribution in [-0.4, -0.2) is 52.1 Å².